The van der Waals surface area contributed by atoms with Crippen molar-refractivity contribution < 1.29 is 82.5 Å². The molecule has 0 aromatic heterocycles. The van der Waals surface area contributed by atoms with Crippen LogP contribution in [0.4, 0.5) is 18.6 Å². The van der Waals surface area contributed by atoms with Gasteiger partial charge < -0.3 is 12.9 Å². The van der Waals surface area contributed by atoms with Crippen LogP contribution >= 0.6 is 0 Å². The van der Waals surface area contributed by atoms with Gasteiger partial charge in [0.05, 0.1) is 10.5 Å². The van der Waals surface area contributed by atoms with Gasteiger partial charge in [-0.2, -0.15) is 0 Å². The fourth-order valence-electron chi connectivity index (χ4n) is 1.75. The number of fused-ring (bicyclic) bond motifs is 1. The topological polar surface area (TPSA) is 97.6 Å². The van der Waals surface area contributed by atoms with Crippen LogP contribution in [0.3, 0.4) is 0 Å². The second kappa shape index (κ2) is 5.97. The number of nitrogens with zero attached hydrogens (tertiary/aromatic N) is 2. The van der Waals surface area contributed by atoms with E-state index in [9.17, 15) is 36.3 Å². The van der Waals surface area contributed by atoms with Crippen LogP contribution in [0.5, 0.6) is 0 Å². The van der Waals surface area contributed by atoms with Crippen molar-refractivity contribution in [2.45, 2.75) is 4.90 Å². The number of benzene rings is 1. The third kappa shape index (κ3) is 3.48. The van der Waals surface area contributed by atoms with E-state index in [2.05, 4.69) is 0 Å². The van der Waals surface area contributed by atoms with Gasteiger partial charge >= 0.3 is 58.4 Å². The normalized spacial score (nSPS) is 16.3. The van der Waals surface area contributed by atoms with Gasteiger partial charge in [-0.3, -0.25) is 19.2 Å². The summed E-state index contributed by atoms with van der Waals surface area (Å²) in [7, 11) is -4.71. The molecule has 7 nitrogen and oxygen atoms in total. The van der Waals surface area contributed by atoms with Gasteiger partial charge in [0.2, 0.25) is 0 Å². The molecule has 0 saturated heterocycles. The predicted octanol–water partition coefficient (Wildman–Crippen LogP) is -1.87. The molecule has 21 heavy (non-hydrogen) atoms. The second-order valence-corrected chi connectivity index (χ2v) is 5.82. The van der Waals surface area contributed by atoms with E-state index in [-0.39, 0.29) is 55.7 Å². The standard InChI is InChI=1S/C8H5BF3N2O5S.K/c10-9(11,12)4-13-8(15)6-2-1-5(14(16)17)3-7(6)20(13,18)19;/h1-3H,4H2;/q-1;+1. The SMILES string of the molecule is O=C1c2ccc([N+](=O)[O-])cc2S(=O)(=O)N1C[B-](F)(F)F.[K+]. The molecule has 1 aliphatic rings. The minimum atomic E-state index is -5.55. The fourth-order valence-corrected chi connectivity index (χ4v) is 3.37. The Morgan fingerprint density at radius 1 is 1.29 bits per heavy atom. The molecule has 0 saturated carbocycles. The maximum absolute atomic E-state index is 12.4. The molecular weight excluding hydrogens is 343 g/mol. The van der Waals surface area contributed by atoms with Crippen molar-refractivity contribution in [2.75, 3.05) is 6.44 Å². The van der Waals surface area contributed by atoms with Crippen LogP contribution in [0.15, 0.2) is 23.1 Å². The Morgan fingerprint density at radius 2 is 1.86 bits per heavy atom. The summed E-state index contributed by atoms with van der Waals surface area (Å²) in [6, 6.07) is 2.26. The van der Waals surface area contributed by atoms with Crippen LogP contribution in [0.2, 0.25) is 0 Å². The smallest absolute Gasteiger partial charge is 0.448 e. The molecule has 1 amide bonds. The van der Waals surface area contributed by atoms with E-state index in [1.807, 2.05) is 0 Å². The van der Waals surface area contributed by atoms with E-state index in [1.165, 1.54) is 0 Å². The minimum absolute atomic E-state index is 0. The van der Waals surface area contributed by atoms with Gasteiger partial charge in [0, 0.05) is 18.6 Å². The van der Waals surface area contributed by atoms with Crippen molar-refractivity contribution >= 4 is 28.6 Å². The van der Waals surface area contributed by atoms with Gasteiger partial charge in [0.15, 0.2) is 0 Å². The van der Waals surface area contributed by atoms with E-state index in [1.54, 1.807) is 0 Å². The van der Waals surface area contributed by atoms with Crippen LogP contribution in [0.1, 0.15) is 10.4 Å². The molecule has 1 aromatic rings. The summed E-state index contributed by atoms with van der Waals surface area (Å²) in [5.74, 6) is -1.34. The van der Waals surface area contributed by atoms with Crippen LogP contribution in [-0.4, -0.2) is 37.0 Å². The number of halogens is 3. The van der Waals surface area contributed by atoms with Crippen molar-refractivity contribution in [2.24, 2.45) is 0 Å². The summed E-state index contributed by atoms with van der Waals surface area (Å²) in [6.07, 6.45) is -1.91. The molecule has 2 rings (SSSR count). The Bertz CT molecular complexity index is 723. The van der Waals surface area contributed by atoms with E-state index in [0.29, 0.717) is 6.07 Å². The molecule has 0 unspecified atom stereocenters. The Hall–Kier alpha value is -0.469. The van der Waals surface area contributed by atoms with Gasteiger partial charge in [-0.25, -0.2) is 8.42 Å². The zero-order valence-corrected chi connectivity index (χ0v) is 14.4. The van der Waals surface area contributed by atoms with E-state index in [0.717, 1.165) is 12.1 Å². The molecule has 0 N–H and O–H groups in total. The Balaban J connectivity index is 0.00000220. The largest absolute Gasteiger partial charge is 1.00 e. The Morgan fingerprint density at radius 3 is 2.33 bits per heavy atom. The van der Waals surface area contributed by atoms with E-state index in [4.69, 9.17) is 0 Å². The third-order valence-electron chi connectivity index (χ3n) is 2.57. The number of amides is 1. The molecule has 0 bridgehead atoms. The molecule has 1 aromatic carbocycles. The third-order valence-corrected chi connectivity index (χ3v) is 4.36. The molecule has 0 fully saturated rings. The summed E-state index contributed by atoms with van der Waals surface area (Å²) >= 11 is 0. The number of hydrogen-bond donors (Lipinski definition) is 0. The number of carbonyl (C=O) groups excluding carboxylic acids is 1. The summed E-state index contributed by atoms with van der Waals surface area (Å²) < 4.78 is 60.4. The van der Waals surface area contributed by atoms with Crippen LogP contribution < -0.4 is 51.4 Å². The van der Waals surface area contributed by atoms with Crippen LogP contribution in [-0.2, 0) is 10.0 Å². The number of carbonyl (C=O) groups is 1. The van der Waals surface area contributed by atoms with Crippen molar-refractivity contribution in [3.63, 3.8) is 0 Å². The minimum Gasteiger partial charge on any atom is -0.448 e. The van der Waals surface area contributed by atoms with Gasteiger partial charge in [0.1, 0.15) is 4.90 Å². The first-order valence-corrected chi connectivity index (χ1v) is 6.54. The summed E-state index contributed by atoms with van der Waals surface area (Å²) in [6.45, 7) is -5.55. The average Bonchev–Trinajstić information content (AvgIpc) is 2.49. The first-order valence-electron chi connectivity index (χ1n) is 5.10. The summed E-state index contributed by atoms with van der Waals surface area (Å²) in [4.78, 5) is 20.5. The molecule has 0 spiro atoms. The molecule has 13 heteroatoms. The molecule has 0 atom stereocenters. The van der Waals surface area contributed by atoms with Crippen molar-refractivity contribution in [3.05, 3.63) is 33.9 Å². The first-order chi connectivity index (χ1) is 9.04. The van der Waals surface area contributed by atoms with Crippen LogP contribution in [0, 0.1) is 10.1 Å². The molecule has 1 aliphatic heterocycles. The molecule has 108 valence electrons. The molecule has 0 aliphatic carbocycles. The van der Waals surface area contributed by atoms with Crippen molar-refractivity contribution in [1.82, 2.24) is 4.31 Å². The van der Waals surface area contributed by atoms with Gasteiger partial charge in [0.25, 0.3) is 21.6 Å². The molecule has 1 heterocycles. The zero-order valence-electron chi connectivity index (χ0n) is 10.5. The maximum Gasteiger partial charge on any atom is 1.00 e. The number of rotatable bonds is 3. The van der Waals surface area contributed by atoms with Gasteiger partial charge in [-0.1, -0.05) is 0 Å². The average molecular weight is 348 g/mol. The quantitative estimate of drug-likeness (QED) is 0.362. The number of sulfonamides is 1. The Labute approximate surface area is 159 Å². The monoisotopic (exact) mass is 348 g/mol. The summed E-state index contributed by atoms with van der Waals surface area (Å²) in [5.41, 5.74) is -1.13. The molecular formula is C8H5BF3KN2O5S. The second-order valence-electron chi connectivity index (χ2n) is 3.99. The number of non-ortho nitro benzene ring substituents is 1. The van der Waals surface area contributed by atoms with Gasteiger partial charge in [-0.15, -0.1) is 0 Å². The summed E-state index contributed by atoms with van der Waals surface area (Å²) in [5, 5.41) is 10.5. The Kier molecular flexibility index (Phi) is 5.28. The number of hydrogen-bond acceptors (Lipinski definition) is 5. The zero-order chi connectivity index (χ0) is 15.3. The number of nitro groups is 1. The fraction of sp³-hybridized carbons (Fsp3) is 0.125. The van der Waals surface area contributed by atoms with Crippen molar-refractivity contribution in [1.29, 1.82) is 0 Å². The van der Waals surface area contributed by atoms with Crippen LogP contribution in [0.25, 0.3) is 0 Å². The van der Waals surface area contributed by atoms with E-state index < -0.39 is 50.4 Å². The first kappa shape index (κ1) is 18.6. The van der Waals surface area contributed by atoms with Gasteiger partial charge in [-0.05, 0) is 6.07 Å². The molecule has 0 radical (unpaired) electrons. The maximum atomic E-state index is 12.4. The number of nitro benzene ring substituents is 1. The predicted molar refractivity (Wildman–Crippen MR) is 60.4 cm³/mol. The van der Waals surface area contributed by atoms with Crippen molar-refractivity contribution in [3.8, 4) is 0 Å². The van der Waals surface area contributed by atoms with E-state index >= 15 is 0 Å².